The highest BCUT2D eigenvalue weighted by Crippen LogP contribution is 2.10. The van der Waals surface area contributed by atoms with Gasteiger partial charge in [-0.15, -0.1) is 0 Å². The highest BCUT2D eigenvalue weighted by Gasteiger charge is 2.06. The topological polar surface area (TPSA) is 22.0 Å². The summed E-state index contributed by atoms with van der Waals surface area (Å²) in [6.07, 6.45) is 1.58. The zero-order chi connectivity index (χ0) is 12.4. The van der Waals surface area contributed by atoms with Gasteiger partial charge in [-0.05, 0) is 40.8 Å². The summed E-state index contributed by atoms with van der Waals surface area (Å²) in [6, 6.07) is 6.73. The third kappa shape index (κ3) is 2.71. The van der Waals surface area contributed by atoms with E-state index in [1.54, 1.807) is 18.3 Å². The molecular weight excluding hydrogens is 339 g/mol. The predicted octanol–water partition coefficient (Wildman–Crippen LogP) is 2.78. The molecule has 0 bridgehead atoms. The van der Waals surface area contributed by atoms with Crippen LogP contribution in [0.3, 0.4) is 0 Å². The summed E-state index contributed by atoms with van der Waals surface area (Å²) >= 11 is 1.92. The molecule has 0 N–H and O–H groups in total. The van der Waals surface area contributed by atoms with E-state index in [1.165, 1.54) is 16.7 Å². The van der Waals surface area contributed by atoms with Crippen molar-refractivity contribution in [3.8, 4) is 0 Å². The van der Waals surface area contributed by atoms with Crippen LogP contribution >= 0.6 is 22.6 Å². The summed E-state index contributed by atoms with van der Waals surface area (Å²) < 4.78 is 28.1. The molecule has 1 heterocycles. The van der Waals surface area contributed by atoms with E-state index in [-0.39, 0.29) is 17.7 Å². The van der Waals surface area contributed by atoms with E-state index >= 15 is 0 Å². The quantitative estimate of drug-likeness (QED) is 0.766. The first-order valence-electron chi connectivity index (χ1n) is 4.87. The third-order valence-corrected chi connectivity index (χ3v) is 3.15. The summed E-state index contributed by atoms with van der Waals surface area (Å²) in [5, 5.41) is 0. The summed E-state index contributed by atoms with van der Waals surface area (Å²) in [4.78, 5) is 11.7. The standard InChI is InChI=1S/C12H8F2INO/c13-9-4-3-8(10(14)6-9)7-16-5-1-2-11(15)12(16)17/h1-6H,7H2. The normalized spacial score (nSPS) is 10.5. The van der Waals surface area contributed by atoms with Gasteiger partial charge in [0.1, 0.15) is 11.6 Å². The van der Waals surface area contributed by atoms with E-state index in [4.69, 9.17) is 0 Å². The number of benzene rings is 1. The van der Waals surface area contributed by atoms with Crippen molar-refractivity contribution in [2.45, 2.75) is 6.54 Å². The molecule has 5 heteroatoms. The average Bonchev–Trinajstić information content (AvgIpc) is 2.28. The van der Waals surface area contributed by atoms with Crippen molar-refractivity contribution in [1.29, 1.82) is 0 Å². The Kier molecular flexibility index (Phi) is 3.56. The van der Waals surface area contributed by atoms with Crippen LogP contribution in [0.4, 0.5) is 8.78 Å². The van der Waals surface area contributed by atoms with Crippen LogP contribution in [-0.2, 0) is 6.54 Å². The van der Waals surface area contributed by atoms with Gasteiger partial charge in [-0.3, -0.25) is 4.79 Å². The second-order valence-corrected chi connectivity index (χ2v) is 4.69. The molecule has 2 aromatic rings. The lowest BCUT2D eigenvalue weighted by Gasteiger charge is -2.07. The highest BCUT2D eigenvalue weighted by atomic mass is 127. The van der Waals surface area contributed by atoms with Gasteiger partial charge in [0.2, 0.25) is 0 Å². The molecule has 0 unspecified atom stereocenters. The minimum atomic E-state index is -0.643. The van der Waals surface area contributed by atoms with Crippen LogP contribution in [0.25, 0.3) is 0 Å². The average molecular weight is 347 g/mol. The lowest BCUT2D eigenvalue weighted by Crippen LogP contribution is -2.22. The number of aromatic nitrogens is 1. The largest absolute Gasteiger partial charge is 0.310 e. The fraction of sp³-hybridized carbons (Fsp3) is 0.0833. The first-order valence-corrected chi connectivity index (χ1v) is 5.94. The Balaban J connectivity index is 2.38. The van der Waals surface area contributed by atoms with E-state index < -0.39 is 11.6 Å². The maximum Gasteiger partial charge on any atom is 0.264 e. The molecule has 0 aliphatic carbocycles. The van der Waals surface area contributed by atoms with Crippen molar-refractivity contribution in [3.05, 3.63) is 67.7 Å². The second-order valence-electron chi connectivity index (χ2n) is 3.52. The Morgan fingerprint density at radius 2 is 2.00 bits per heavy atom. The van der Waals surface area contributed by atoms with E-state index in [0.29, 0.717) is 3.57 Å². The fourth-order valence-corrected chi connectivity index (χ4v) is 1.98. The van der Waals surface area contributed by atoms with Gasteiger partial charge in [-0.1, -0.05) is 6.07 Å². The van der Waals surface area contributed by atoms with Gasteiger partial charge in [0, 0.05) is 17.8 Å². The van der Waals surface area contributed by atoms with E-state index in [9.17, 15) is 13.6 Å². The summed E-state index contributed by atoms with van der Waals surface area (Å²) in [5.41, 5.74) is 0.104. The van der Waals surface area contributed by atoms with Crippen molar-refractivity contribution in [3.63, 3.8) is 0 Å². The Hall–Kier alpha value is -1.24. The smallest absolute Gasteiger partial charge is 0.264 e. The molecule has 17 heavy (non-hydrogen) atoms. The number of halogens is 3. The number of rotatable bonds is 2. The highest BCUT2D eigenvalue weighted by molar-refractivity contribution is 14.1. The van der Waals surface area contributed by atoms with E-state index in [0.717, 1.165) is 6.07 Å². The van der Waals surface area contributed by atoms with Crippen LogP contribution in [0.1, 0.15) is 5.56 Å². The minimum absolute atomic E-state index is 0.0990. The molecule has 1 aromatic heterocycles. The van der Waals surface area contributed by atoms with Crippen molar-refractivity contribution < 1.29 is 8.78 Å². The van der Waals surface area contributed by atoms with Crippen molar-refractivity contribution in [1.82, 2.24) is 4.57 Å². The summed E-state index contributed by atoms with van der Waals surface area (Å²) in [7, 11) is 0. The second kappa shape index (κ2) is 4.95. The molecule has 2 rings (SSSR count). The Morgan fingerprint density at radius 1 is 1.24 bits per heavy atom. The number of nitrogens with zero attached hydrogens (tertiary/aromatic N) is 1. The molecule has 0 radical (unpaired) electrons. The first kappa shape index (κ1) is 12.2. The molecule has 0 saturated heterocycles. The van der Waals surface area contributed by atoms with Gasteiger partial charge >= 0.3 is 0 Å². The lowest BCUT2D eigenvalue weighted by atomic mass is 10.2. The van der Waals surface area contributed by atoms with Gasteiger partial charge in [0.15, 0.2) is 0 Å². The van der Waals surface area contributed by atoms with Crippen LogP contribution < -0.4 is 5.56 Å². The Morgan fingerprint density at radius 3 is 2.71 bits per heavy atom. The van der Waals surface area contributed by atoms with Gasteiger partial charge < -0.3 is 4.57 Å². The van der Waals surface area contributed by atoms with E-state index in [2.05, 4.69) is 0 Å². The zero-order valence-corrected chi connectivity index (χ0v) is 10.8. The zero-order valence-electron chi connectivity index (χ0n) is 8.66. The maximum absolute atomic E-state index is 13.4. The molecule has 1 aromatic carbocycles. The lowest BCUT2D eigenvalue weighted by molar-refractivity contribution is 0.564. The fourth-order valence-electron chi connectivity index (χ4n) is 1.47. The van der Waals surface area contributed by atoms with Crippen LogP contribution in [0, 0.1) is 15.2 Å². The Bertz CT molecular complexity index is 610. The predicted molar refractivity (Wildman–Crippen MR) is 68.9 cm³/mol. The molecular formula is C12H8F2INO. The SMILES string of the molecule is O=c1c(I)cccn1Cc1ccc(F)cc1F. The summed E-state index contributed by atoms with van der Waals surface area (Å²) in [5.74, 6) is -1.27. The third-order valence-electron chi connectivity index (χ3n) is 2.33. The van der Waals surface area contributed by atoms with Crippen molar-refractivity contribution in [2.24, 2.45) is 0 Å². The molecule has 0 spiro atoms. The molecule has 0 atom stereocenters. The van der Waals surface area contributed by atoms with Gasteiger partial charge in [0.25, 0.3) is 5.56 Å². The monoisotopic (exact) mass is 347 g/mol. The molecule has 0 fully saturated rings. The first-order chi connectivity index (χ1) is 8.08. The van der Waals surface area contributed by atoms with Crippen molar-refractivity contribution >= 4 is 22.6 Å². The Labute approximate surface area is 110 Å². The van der Waals surface area contributed by atoms with Crippen LogP contribution in [0.2, 0.25) is 0 Å². The minimum Gasteiger partial charge on any atom is -0.310 e. The van der Waals surface area contributed by atoms with Crippen LogP contribution in [0.5, 0.6) is 0 Å². The van der Waals surface area contributed by atoms with Crippen LogP contribution in [0.15, 0.2) is 41.3 Å². The van der Waals surface area contributed by atoms with Gasteiger partial charge in [0.05, 0.1) is 10.1 Å². The molecule has 0 amide bonds. The molecule has 88 valence electrons. The van der Waals surface area contributed by atoms with Gasteiger partial charge in [-0.2, -0.15) is 0 Å². The van der Waals surface area contributed by atoms with Gasteiger partial charge in [-0.25, -0.2) is 8.78 Å². The molecule has 0 aliphatic heterocycles. The molecule has 0 saturated carbocycles. The van der Waals surface area contributed by atoms with Crippen LogP contribution in [-0.4, -0.2) is 4.57 Å². The maximum atomic E-state index is 13.4. The number of pyridine rings is 1. The number of hydrogen-bond donors (Lipinski definition) is 0. The molecule has 2 nitrogen and oxygen atoms in total. The van der Waals surface area contributed by atoms with E-state index in [1.807, 2.05) is 22.6 Å². The summed E-state index contributed by atoms with van der Waals surface area (Å²) in [6.45, 7) is 0.0990. The number of hydrogen-bond acceptors (Lipinski definition) is 1. The van der Waals surface area contributed by atoms with Crippen molar-refractivity contribution in [2.75, 3.05) is 0 Å². The molecule has 0 aliphatic rings.